The molecular weight excluding hydrogens is 324 g/mol. The van der Waals surface area contributed by atoms with Gasteiger partial charge in [0.25, 0.3) is 0 Å². The molecule has 3 aromatic rings. The third kappa shape index (κ3) is 3.05. The maximum atomic E-state index is 12.5. The van der Waals surface area contributed by atoms with Crippen molar-refractivity contribution in [1.82, 2.24) is 19.3 Å². The first-order valence-electron chi connectivity index (χ1n) is 7.79. The van der Waals surface area contributed by atoms with E-state index >= 15 is 0 Å². The van der Waals surface area contributed by atoms with Gasteiger partial charge >= 0.3 is 0 Å². The van der Waals surface area contributed by atoms with E-state index in [1.54, 1.807) is 18.3 Å². The molecule has 0 radical (unpaired) electrons. The molecule has 126 valence electrons. The van der Waals surface area contributed by atoms with Crippen molar-refractivity contribution < 1.29 is 8.42 Å². The maximum Gasteiger partial charge on any atom is 0.240 e. The van der Waals surface area contributed by atoms with E-state index in [2.05, 4.69) is 14.7 Å². The number of fused-ring (bicyclic) bond motifs is 1. The maximum absolute atomic E-state index is 12.5. The summed E-state index contributed by atoms with van der Waals surface area (Å²) >= 11 is 0. The van der Waals surface area contributed by atoms with Gasteiger partial charge < -0.3 is 4.57 Å². The van der Waals surface area contributed by atoms with Gasteiger partial charge in [0.05, 0.1) is 11.4 Å². The largest absolute Gasteiger partial charge is 0.312 e. The van der Waals surface area contributed by atoms with Crippen molar-refractivity contribution in [2.24, 2.45) is 0 Å². The number of hydrogen-bond acceptors (Lipinski definition) is 4. The van der Waals surface area contributed by atoms with Gasteiger partial charge in [-0.2, -0.15) is 0 Å². The zero-order valence-corrected chi connectivity index (χ0v) is 14.8. The lowest BCUT2D eigenvalue weighted by atomic mass is 10.1. The molecule has 0 fully saturated rings. The van der Waals surface area contributed by atoms with Crippen molar-refractivity contribution in [3.05, 3.63) is 53.5 Å². The Kier molecular flexibility index (Phi) is 4.38. The fraction of sp³-hybridized carbons (Fsp3) is 0.294. The summed E-state index contributed by atoms with van der Waals surface area (Å²) < 4.78 is 29.6. The van der Waals surface area contributed by atoms with E-state index in [0.29, 0.717) is 12.4 Å². The van der Waals surface area contributed by atoms with Gasteiger partial charge in [-0.15, -0.1) is 0 Å². The van der Waals surface area contributed by atoms with Crippen LogP contribution in [0.3, 0.4) is 0 Å². The predicted molar refractivity (Wildman–Crippen MR) is 93.1 cm³/mol. The van der Waals surface area contributed by atoms with Crippen LogP contribution in [0, 0.1) is 13.8 Å². The van der Waals surface area contributed by atoms with E-state index in [1.165, 1.54) is 0 Å². The minimum Gasteiger partial charge on any atom is -0.312 e. The molecule has 0 aliphatic carbocycles. The molecule has 0 amide bonds. The van der Waals surface area contributed by atoms with Crippen LogP contribution >= 0.6 is 0 Å². The van der Waals surface area contributed by atoms with Crippen molar-refractivity contribution in [2.75, 3.05) is 0 Å². The highest BCUT2D eigenvalue weighted by molar-refractivity contribution is 7.89. The fourth-order valence-corrected chi connectivity index (χ4v) is 3.66. The number of aryl methyl sites for hydroxylation is 3. The lowest BCUT2D eigenvalue weighted by Gasteiger charge is -2.09. The SMILES string of the molecule is CCn1c(CNS(=O)(=O)c2ccc(C)c(C)c2)nc2cccnc21. The minimum absolute atomic E-state index is 0.124. The number of sulfonamides is 1. The number of imidazole rings is 1. The molecule has 0 aliphatic rings. The second-order valence-corrected chi connectivity index (χ2v) is 7.46. The van der Waals surface area contributed by atoms with Crippen LogP contribution in [0.1, 0.15) is 23.9 Å². The molecule has 0 saturated heterocycles. The summed E-state index contributed by atoms with van der Waals surface area (Å²) in [5, 5.41) is 0. The van der Waals surface area contributed by atoms with Crippen LogP contribution in [0.5, 0.6) is 0 Å². The molecule has 0 atom stereocenters. The summed E-state index contributed by atoms with van der Waals surface area (Å²) in [6.45, 7) is 6.64. The van der Waals surface area contributed by atoms with Gasteiger partial charge in [0.15, 0.2) is 5.65 Å². The summed E-state index contributed by atoms with van der Waals surface area (Å²) in [6, 6.07) is 8.81. The zero-order chi connectivity index (χ0) is 17.3. The highest BCUT2D eigenvalue weighted by atomic mass is 32.2. The summed E-state index contributed by atoms with van der Waals surface area (Å²) in [6.07, 6.45) is 1.71. The van der Waals surface area contributed by atoms with E-state index in [0.717, 1.165) is 22.3 Å². The fourth-order valence-electron chi connectivity index (χ4n) is 2.60. The van der Waals surface area contributed by atoms with Gasteiger partial charge in [0, 0.05) is 12.7 Å². The molecule has 1 aromatic carbocycles. The minimum atomic E-state index is -3.58. The average molecular weight is 344 g/mol. The number of nitrogens with zero attached hydrogens (tertiary/aromatic N) is 3. The Morgan fingerprint density at radius 1 is 1.17 bits per heavy atom. The van der Waals surface area contributed by atoms with Crippen molar-refractivity contribution >= 4 is 21.2 Å². The Hall–Kier alpha value is -2.25. The number of benzene rings is 1. The van der Waals surface area contributed by atoms with Crippen molar-refractivity contribution in [3.63, 3.8) is 0 Å². The summed E-state index contributed by atoms with van der Waals surface area (Å²) in [7, 11) is -3.58. The molecule has 6 nitrogen and oxygen atoms in total. The highest BCUT2D eigenvalue weighted by Crippen LogP contribution is 2.16. The molecule has 0 saturated carbocycles. The summed E-state index contributed by atoms with van der Waals surface area (Å²) in [5.41, 5.74) is 3.54. The lowest BCUT2D eigenvalue weighted by molar-refractivity contribution is 0.575. The number of hydrogen-bond donors (Lipinski definition) is 1. The van der Waals surface area contributed by atoms with Crippen LogP contribution in [0.25, 0.3) is 11.2 Å². The molecule has 2 heterocycles. The predicted octanol–water partition coefficient (Wildman–Crippen LogP) is 2.55. The first kappa shape index (κ1) is 16.6. The molecular formula is C17H20N4O2S. The first-order chi connectivity index (χ1) is 11.4. The average Bonchev–Trinajstić information content (AvgIpc) is 2.93. The van der Waals surface area contributed by atoms with Crippen molar-refractivity contribution in [1.29, 1.82) is 0 Å². The Morgan fingerprint density at radius 2 is 1.96 bits per heavy atom. The van der Waals surface area contributed by atoms with Crippen LogP contribution < -0.4 is 4.72 Å². The molecule has 0 aliphatic heterocycles. The number of rotatable bonds is 5. The van der Waals surface area contributed by atoms with E-state index in [-0.39, 0.29) is 11.4 Å². The third-order valence-electron chi connectivity index (χ3n) is 4.11. The zero-order valence-electron chi connectivity index (χ0n) is 13.9. The monoisotopic (exact) mass is 344 g/mol. The molecule has 2 aromatic heterocycles. The Morgan fingerprint density at radius 3 is 2.67 bits per heavy atom. The number of pyridine rings is 1. The van der Waals surface area contributed by atoms with E-state index in [1.807, 2.05) is 43.5 Å². The standard InChI is InChI=1S/C17H20N4O2S/c1-4-21-16(20-15-6-5-9-18-17(15)21)11-19-24(22,23)14-8-7-12(2)13(3)10-14/h5-10,19H,4,11H2,1-3H3. The van der Waals surface area contributed by atoms with Crippen LogP contribution in [0.2, 0.25) is 0 Å². The molecule has 24 heavy (non-hydrogen) atoms. The highest BCUT2D eigenvalue weighted by Gasteiger charge is 2.17. The van der Waals surface area contributed by atoms with Gasteiger partial charge in [0.1, 0.15) is 11.3 Å². The molecule has 0 spiro atoms. The molecule has 1 N–H and O–H groups in total. The van der Waals surface area contributed by atoms with E-state index < -0.39 is 10.0 Å². The van der Waals surface area contributed by atoms with Crippen molar-refractivity contribution in [2.45, 2.75) is 38.8 Å². The van der Waals surface area contributed by atoms with Crippen LogP contribution in [-0.4, -0.2) is 23.0 Å². The quantitative estimate of drug-likeness (QED) is 0.772. The topological polar surface area (TPSA) is 76.9 Å². The Labute approximate surface area is 141 Å². The van der Waals surface area contributed by atoms with E-state index in [9.17, 15) is 8.42 Å². The normalized spacial score (nSPS) is 12.0. The molecule has 0 bridgehead atoms. The van der Waals surface area contributed by atoms with Gasteiger partial charge in [-0.1, -0.05) is 6.07 Å². The van der Waals surface area contributed by atoms with Gasteiger partial charge in [0.2, 0.25) is 10.0 Å². The van der Waals surface area contributed by atoms with Crippen LogP contribution in [0.15, 0.2) is 41.4 Å². The van der Waals surface area contributed by atoms with Gasteiger partial charge in [-0.25, -0.2) is 23.1 Å². The summed E-state index contributed by atoms with van der Waals surface area (Å²) in [4.78, 5) is 9.07. The summed E-state index contributed by atoms with van der Waals surface area (Å²) in [5.74, 6) is 0.651. The third-order valence-corrected chi connectivity index (χ3v) is 5.51. The Bertz CT molecular complexity index is 993. The number of nitrogens with one attached hydrogen (secondary N) is 1. The van der Waals surface area contributed by atoms with Gasteiger partial charge in [-0.05, 0) is 56.2 Å². The van der Waals surface area contributed by atoms with Crippen LogP contribution in [0.4, 0.5) is 0 Å². The molecule has 3 rings (SSSR count). The van der Waals surface area contributed by atoms with E-state index in [4.69, 9.17) is 0 Å². The van der Waals surface area contributed by atoms with Crippen LogP contribution in [-0.2, 0) is 23.1 Å². The van der Waals surface area contributed by atoms with Gasteiger partial charge in [-0.3, -0.25) is 0 Å². The second-order valence-electron chi connectivity index (χ2n) is 5.69. The molecule has 7 heteroatoms. The first-order valence-corrected chi connectivity index (χ1v) is 9.27. The van der Waals surface area contributed by atoms with Crippen molar-refractivity contribution in [3.8, 4) is 0 Å². The lowest BCUT2D eigenvalue weighted by Crippen LogP contribution is -2.25. The molecule has 0 unspecified atom stereocenters. The second kappa shape index (κ2) is 6.33. The smallest absolute Gasteiger partial charge is 0.240 e. The Balaban J connectivity index is 1.88. The number of aromatic nitrogens is 3.